The molecule has 16 nitrogen and oxygen atoms in total. The Morgan fingerprint density at radius 3 is 2.35 bits per heavy atom. The Bertz CT molecular complexity index is 887. The summed E-state index contributed by atoms with van der Waals surface area (Å²) in [5.41, 5.74) is 3.31. The van der Waals surface area contributed by atoms with Crippen molar-refractivity contribution in [3.63, 3.8) is 0 Å². The molecule has 2 aliphatic heterocycles. The number of phosphoric acid groups is 3. The summed E-state index contributed by atoms with van der Waals surface area (Å²) in [6.45, 7) is -1.13. The van der Waals surface area contributed by atoms with Crippen molar-refractivity contribution in [2.45, 2.75) is 30.5 Å². The fourth-order valence-electron chi connectivity index (χ4n) is 2.51. The van der Waals surface area contributed by atoms with Gasteiger partial charge in [0.05, 0.1) is 6.61 Å². The van der Waals surface area contributed by atoms with Crippen LogP contribution in [0.5, 0.6) is 0 Å². The molecule has 2 aliphatic rings. The largest absolute Gasteiger partial charge is 0.490 e. The van der Waals surface area contributed by atoms with Crippen molar-refractivity contribution in [2.24, 2.45) is 10.7 Å². The Balaban J connectivity index is 2.13. The molecule has 0 aromatic rings. The molecule has 7 atom stereocenters. The molecule has 0 aliphatic carbocycles. The van der Waals surface area contributed by atoms with Gasteiger partial charge in [-0.2, -0.15) is 8.62 Å². The average Bonchev–Trinajstić information content (AvgIpc) is 2.82. The molecule has 0 saturated carbocycles. The zero-order valence-electron chi connectivity index (χ0n) is 15.0. The van der Waals surface area contributed by atoms with E-state index in [-0.39, 0.29) is 5.84 Å². The Hall–Kier alpha value is -0.290. The summed E-state index contributed by atoms with van der Waals surface area (Å²) in [4.78, 5) is 40.1. The summed E-state index contributed by atoms with van der Waals surface area (Å²) >= 11 is 2.92. The number of aliphatic hydroxyl groups excluding tert-OH is 2. The maximum atomic E-state index is 14.7. The number of hydrogen-bond donors (Lipinski definition) is 7. The van der Waals surface area contributed by atoms with Gasteiger partial charge < -0.3 is 45.2 Å². The van der Waals surface area contributed by atoms with Crippen molar-refractivity contribution >= 4 is 45.2 Å². The standard InChI is InChI=1S/C10H18BrFN3O13P3/c11-3-10(4-25-30(21,22)28-31(23,24)27-29(18,19)20)7(16)6(12)8(26-10)15-2-1-5(13)14-9(15)17/h1-2,6-9,16-17H,3-4H2,(H2,13,14)(H,21,22)(H,23,24)(H2,18,19,20)/t6-,7+,8-,9?,10-/m1/s1. The second-order valence-electron chi connectivity index (χ2n) is 6.12. The highest BCUT2D eigenvalue weighted by Crippen LogP contribution is 2.66. The third-order valence-electron chi connectivity index (χ3n) is 3.83. The molecule has 180 valence electrons. The van der Waals surface area contributed by atoms with Crippen LogP contribution in [0.15, 0.2) is 17.3 Å². The summed E-state index contributed by atoms with van der Waals surface area (Å²) in [5, 5.41) is 19.8. The summed E-state index contributed by atoms with van der Waals surface area (Å²) in [6.07, 6.45) is -5.24. The normalized spacial score (nSPS) is 35.5. The van der Waals surface area contributed by atoms with E-state index in [1.165, 1.54) is 6.08 Å². The van der Waals surface area contributed by atoms with Crippen LogP contribution in [0.4, 0.5) is 4.39 Å². The van der Waals surface area contributed by atoms with Gasteiger partial charge in [0.25, 0.3) is 0 Å². The molecule has 0 aromatic carbocycles. The number of phosphoric ester groups is 1. The number of aliphatic imine (C=N–C) groups is 1. The van der Waals surface area contributed by atoms with E-state index in [0.29, 0.717) is 0 Å². The van der Waals surface area contributed by atoms with Crippen LogP contribution >= 0.6 is 39.4 Å². The lowest BCUT2D eigenvalue weighted by Gasteiger charge is -2.34. The van der Waals surface area contributed by atoms with Gasteiger partial charge in [-0.15, -0.1) is 0 Å². The monoisotopic (exact) mass is 579 g/mol. The number of alkyl halides is 2. The van der Waals surface area contributed by atoms with Crippen molar-refractivity contribution in [3.05, 3.63) is 12.3 Å². The molecule has 2 heterocycles. The van der Waals surface area contributed by atoms with Crippen LogP contribution in [-0.2, 0) is 31.6 Å². The third-order valence-corrected chi connectivity index (χ3v) is 8.56. The van der Waals surface area contributed by atoms with E-state index in [1.54, 1.807) is 0 Å². The number of hydrogen-bond acceptors (Lipinski definition) is 12. The summed E-state index contributed by atoms with van der Waals surface area (Å²) in [6, 6.07) is 0. The molecular weight excluding hydrogens is 562 g/mol. The van der Waals surface area contributed by atoms with E-state index in [0.717, 1.165) is 11.1 Å². The highest BCUT2D eigenvalue weighted by Gasteiger charge is 2.58. The second kappa shape index (κ2) is 9.52. The molecule has 2 rings (SSSR count). The summed E-state index contributed by atoms with van der Waals surface area (Å²) < 4.78 is 65.6. The Morgan fingerprint density at radius 1 is 1.23 bits per heavy atom. The predicted molar refractivity (Wildman–Crippen MR) is 101 cm³/mol. The van der Waals surface area contributed by atoms with Gasteiger partial charge in [0.15, 0.2) is 12.4 Å². The zero-order valence-corrected chi connectivity index (χ0v) is 19.3. The van der Waals surface area contributed by atoms with Gasteiger partial charge in [-0.25, -0.2) is 23.1 Å². The molecule has 3 unspecified atom stereocenters. The van der Waals surface area contributed by atoms with E-state index in [9.17, 15) is 33.2 Å². The molecule has 8 N–H and O–H groups in total. The number of ether oxygens (including phenoxy) is 1. The van der Waals surface area contributed by atoms with E-state index < -0.39 is 65.9 Å². The quantitative estimate of drug-likeness (QED) is 0.127. The maximum absolute atomic E-state index is 14.7. The van der Waals surface area contributed by atoms with E-state index >= 15 is 0 Å². The molecule has 0 radical (unpaired) electrons. The van der Waals surface area contributed by atoms with Gasteiger partial charge in [0.2, 0.25) is 6.35 Å². The number of aliphatic hydroxyl groups is 2. The topological polar surface area (TPSA) is 251 Å². The van der Waals surface area contributed by atoms with Crippen molar-refractivity contribution in [3.8, 4) is 0 Å². The molecule has 1 saturated heterocycles. The number of rotatable bonds is 9. The fraction of sp³-hybridized carbons (Fsp3) is 0.700. The molecule has 0 bridgehead atoms. The van der Waals surface area contributed by atoms with E-state index in [2.05, 4.69) is 34.1 Å². The third kappa shape index (κ3) is 6.85. The number of amidine groups is 1. The van der Waals surface area contributed by atoms with Gasteiger partial charge in [-0.05, 0) is 6.08 Å². The second-order valence-corrected chi connectivity index (χ2v) is 11.1. The van der Waals surface area contributed by atoms with Crippen LogP contribution < -0.4 is 5.73 Å². The minimum atomic E-state index is -5.77. The first-order valence-electron chi connectivity index (χ1n) is 7.82. The summed E-state index contributed by atoms with van der Waals surface area (Å²) in [5.74, 6) is -0.0721. The smallest absolute Gasteiger partial charge is 0.387 e. The van der Waals surface area contributed by atoms with Crippen LogP contribution in [0.1, 0.15) is 0 Å². The number of halogens is 2. The highest BCUT2D eigenvalue weighted by atomic mass is 79.9. The lowest BCUT2D eigenvalue weighted by Crippen LogP contribution is -2.47. The number of nitrogens with zero attached hydrogens (tertiary/aromatic N) is 2. The van der Waals surface area contributed by atoms with Crippen molar-refractivity contribution in [1.29, 1.82) is 0 Å². The van der Waals surface area contributed by atoms with E-state index in [4.69, 9.17) is 25.2 Å². The van der Waals surface area contributed by atoms with Crippen LogP contribution in [-0.4, -0.2) is 82.9 Å². The van der Waals surface area contributed by atoms with Gasteiger partial charge in [-0.3, -0.25) is 4.52 Å². The van der Waals surface area contributed by atoms with Crippen LogP contribution in [0, 0.1) is 0 Å². The maximum Gasteiger partial charge on any atom is 0.490 e. The van der Waals surface area contributed by atoms with Crippen LogP contribution in [0.2, 0.25) is 0 Å². The lowest BCUT2D eigenvalue weighted by atomic mass is 9.99. The van der Waals surface area contributed by atoms with Crippen molar-refractivity contribution < 1.29 is 65.8 Å². The molecule has 21 heteroatoms. The molecule has 0 amide bonds. The lowest BCUT2D eigenvalue weighted by molar-refractivity contribution is -0.152. The molecule has 31 heavy (non-hydrogen) atoms. The first kappa shape index (κ1) is 27.0. The van der Waals surface area contributed by atoms with Gasteiger partial charge in [0.1, 0.15) is 17.5 Å². The molecule has 0 spiro atoms. The minimum absolute atomic E-state index is 0.0721. The fourth-order valence-corrected chi connectivity index (χ4v) is 6.21. The first-order valence-corrected chi connectivity index (χ1v) is 13.5. The Labute approximate surface area is 181 Å². The molecule has 0 aromatic heterocycles. The summed E-state index contributed by atoms with van der Waals surface area (Å²) in [7, 11) is -16.9. The van der Waals surface area contributed by atoms with Gasteiger partial charge >= 0.3 is 23.5 Å². The zero-order chi connectivity index (χ0) is 23.8. The van der Waals surface area contributed by atoms with Gasteiger partial charge in [0, 0.05) is 11.5 Å². The van der Waals surface area contributed by atoms with E-state index in [1.807, 2.05) is 0 Å². The highest BCUT2D eigenvalue weighted by molar-refractivity contribution is 9.09. The minimum Gasteiger partial charge on any atom is -0.387 e. The Kier molecular flexibility index (Phi) is 8.28. The SMILES string of the molecule is NC1=NC(O)N([C@@H]2O[C@](CBr)(COP(=O)(O)OP(=O)(O)OP(=O)(O)O)[C@@H](O)[C@H]2F)C=C1. The first-order chi connectivity index (χ1) is 14.0. The van der Waals surface area contributed by atoms with Crippen LogP contribution in [0.25, 0.3) is 0 Å². The van der Waals surface area contributed by atoms with Gasteiger partial charge in [-0.1, -0.05) is 15.9 Å². The molecular formula is C10H18BrFN3O13P3. The Morgan fingerprint density at radius 2 is 1.84 bits per heavy atom. The van der Waals surface area contributed by atoms with Crippen molar-refractivity contribution in [2.75, 3.05) is 11.9 Å². The number of nitrogens with two attached hydrogens (primary N) is 1. The molecule has 1 fully saturated rings. The van der Waals surface area contributed by atoms with Crippen LogP contribution in [0.3, 0.4) is 0 Å². The van der Waals surface area contributed by atoms with Crippen molar-refractivity contribution in [1.82, 2.24) is 4.90 Å². The predicted octanol–water partition coefficient (Wildman–Crippen LogP) is -1.02. The average molecular weight is 580 g/mol.